The van der Waals surface area contributed by atoms with Crippen LogP contribution < -0.4 is 0 Å². The van der Waals surface area contributed by atoms with Crippen LogP contribution in [-0.4, -0.2) is 5.08 Å². The van der Waals surface area contributed by atoms with Crippen LogP contribution in [0.1, 0.15) is 30.9 Å². The van der Waals surface area contributed by atoms with Crippen LogP contribution in [0.3, 0.4) is 0 Å². The van der Waals surface area contributed by atoms with Crippen molar-refractivity contribution in [3.8, 4) is 0 Å². The van der Waals surface area contributed by atoms with Crippen LogP contribution in [-0.2, 0) is 6.42 Å². The molecular formula is C13H16S2. The number of benzene rings is 1. The predicted molar refractivity (Wildman–Crippen MR) is 73.1 cm³/mol. The molecule has 0 atom stereocenters. The lowest BCUT2D eigenvalue weighted by molar-refractivity contribution is 0.795. The molecule has 0 aliphatic carbocycles. The van der Waals surface area contributed by atoms with Gasteiger partial charge >= 0.3 is 0 Å². The van der Waals surface area contributed by atoms with E-state index in [0.29, 0.717) is 0 Å². The molecule has 0 N–H and O–H groups in total. The van der Waals surface area contributed by atoms with Crippen molar-refractivity contribution in [1.29, 1.82) is 0 Å². The summed E-state index contributed by atoms with van der Waals surface area (Å²) in [6.45, 7) is 2.24. The highest BCUT2D eigenvalue weighted by Gasteiger charge is 2.07. The fourth-order valence-corrected chi connectivity index (χ4v) is 3.73. The third kappa shape index (κ3) is 3.05. The largest absolute Gasteiger partial charge is 0.122 e. The molecule has 2 heteroatoms. The summed E-state index contributed by atoms with van der Waals surface area (Å²) in [5.74, 6) is 0. The van der Waals surface area contributed by atoms with Crippen LogP contribution in [0.4, 0.5) is 0 Å². The van der Waals surface area contributed by atoms with Gasteiger partial charge in [0.25, 0.3) is 0 Å². The first-order chi connectivity index (χ1) is 7.40. The summed E-state index contributed by atoms with van der Waals surface area (Å²) >= 11 is 3.84. The normalized spacial score (nSPS) is 15.4. The number of rotatable bonds is 4. The van der Waals surface area contributed by atoms with Crippen LogP contribution in [0.25, 0.3) is 4.91 Å². The molecule has 0 aromatic heterocycles. The molecule has 1 aliphatic heterocycles. The zero-order chi connectivity index (χ0) is 10.5. The number of aryl methyl sites for hydroxylation is 1. The zero-order valence-electron chi connectivity index (χ0n) is 9.03. The standard InChI is InChI=1S/C13H16S2/c1-2-3-4-11-5-7-12(8-6-11)13-9-14-10-15-13/h5-9H,2-4,10H2,1H3. The maximum atomic E-state index is 2.27. The minimum absolute atomic E-state index is 1.17. The molecule has 15 heavy (non-hydrogen) atoms. The van der Waals surface area contributed by atoms with Crippen molar-refractivity contribution >= 4 is 28.4 Å². The lowest BCUT2D eigenvalue weighted by Gasteiger charge is -2.03. The van der Waals surface area contributed by atoms with Gasteiger partial charge in [0.05, 0.1) is 0 Å². The van der Waals surface area contributed by atoms with E-state index in [1.54, 1.807) is 0 Å². The van der Waals surface area contributed by atoms with Gasteiger partial charge in [0, 0.05) is 9.99 Å². The summed E-state index contributed by atoms with van der Waals surface area (Å²) in [7, 11) is 0. The Balaban J connectivity index is 2.03. The highest BCUT2D eigenvalue weighted by Crippen LogP contribution is 2.38. The molecule has 80 valence electrons. The van der Waals surface area contributed by atoms with Crippen molar-refractivity contribution in [2.45, 2.75) is 26.2 Å². The molecule has 1 heterocycles. The van der Waals surface area contributed by atoms with Gasteiger partial charge in [-0.25, -0.2) is 0 Å². The van der Waals surface area contributed by atoms with E-state index in [1.807, 2.05) is 23.5 Å². The van der Waals surface area contributed by atoms with Crippen molar-refractivity contribution in [3.05, 3.63) is 40.8 Å². The van der Waals surface area contributed by atoms with Crippen molar-refractivity contribution in [2.75, 3.05) is 5.08 Å². The Morgan fingerprint density at radius 3 is 2.60 bits per heavy atom. The molecule has 0 saturated carbocycles. The fourth-order valence-electron chi connectivity index (χ4n) is 1.61. The lowest BCUT2D eigenvalue weighted by Crippen LogP contribution is -1.85. The zero-order valence-corrected chi connectivity index (χ0v) is 10.7. The topological polar surface area (TPSA) is 0 Å². The van der Waals surface area contributed by atoms with Crippen LogP contribution in [0.5, 0.6) is 0 Å². The number of hydrogen-bond acceptors (Lipinski definition) is 2. The maximum absolute atomic E-state index is 2.27. The van der Waals surface area contributed by atoms with Gasteiger partial charge in [-0.15, -0.1) is 23.5 Å². The van der Waals surface area contributed by atoms with E-state index in [9.17, 15) is 0 Å². The third-order valence-corrected chi connectivity index (χ3v) is 4.76. The van der Waals surface area contributed by atoms with E-state index in [0.717, 1.165) is 0 Å². The average molecular weight is 236 g/mol. The molecule has 0 unspecified atom stereocenters. The minimum atomic E-state index is 1.17. The Labute approximate surface area is 101 Å². The van der Waals surface area contributed by atoms with E-state index < -0.39 is 0 Å². The van der Waals surface area contributed by atoms with Crippen LogP contribution >= 0.6 is 23.5 Å². The Bertz CT molecular complexity index is 338. The molecular weight excluding hydrogens is 220 g/mol. The first-order valence-corrected chi connectivity index (χ1v) is 7.47. The maximum Gasteiger partial charge on any atom is 0.0481 e. The van der Waals surface area contributed by atoms with Crippen LogP contribution in [0.2, 0.25) is 0 Å². The quantitative estimate of drug-likeness (QED) is 0.739. The van der Waals surface area contributed by atoms with Gasteiger partial charge in [-0.05, 0) is 29.4 Å². The summed E-state index contributed by atoms with van der Waals surface area (Å²) in [5, 5.41) is 3.44. The molecule has 0 bridgehead atoms. The lowest BCUT2D eigenvalue weighted by atomic mass is 10.1. The van der Waals surface area contributed by atoms with Gasteiger partial charge in [-0.3, -0.25) is 0 Å². The van der Waals surface area contributed by atoms with Gasteiger partial charge in [0.1, 0.15) is 0 Å². The Morgan fingerprint density at radius 1 is 1.20 bits per heavy atom. The molecule has 2 rings (SSSR count). The Kier molecular flexibility index (Phi) is 4.21. The molecule has 0 spiro atoms. The predicted octanol–water partition coefficient (Wildman–Crippen LogP) is 4.77. The van der Waals surface area contributed by atoms with Crippen LogP contribution in [0, 0.1) is 0 Å². The molecule has 0 fully saturated rings. The van der Waals surface area contributed by atoms with Gasteiger partial charge in [0.15, 0.2) is 0 Å². The summed E-state index contributed by atoms with van der Waals surface area (Å²) < 4.78 is 0. The van der Waals surface area contributed by atoms with Gasteiger partial charge in [0.2, 0.25) is 0 Å². The molecule has 0 amide bonds. The van der Waals surface area contributed by atoms with E-state index in [2.05, 4.69) is 36.6 Å². The van der Waals surface area contributed by atoms with E-state index >= 15 is 0 Å². The van der Waals surface area contributed by atoms with Crippen LogP contribution in [0.15, 0.2) is 29.7 Å². The summed E-state index contributed by atoms with van der Waals surface area (Å²) in [6, 6.07) is 9.07. The number of thioether (sulfide) groups is 2. The molecule has 1 aliphatic rings. The second kappa shape index (κ2) is 5.66. The average Bonchev–Trinajstić information content (AvgIpc) is 2.80. The van der Waals surface area contributed by atoms with E-state index in [-0.39, 0.29) is 0 Å². The van der Waals surface area contributed by atoms with Gasteiger partial charge < -0.3 is 0 Å². The molecule has 1 aromatic rings. The van der Waals surface area contributed by atoms with E-state index in [4.69, 9.17) is 0 Å². The van der Waals surface area contributed by atoms with Gasteiger partial charge in [-0.1, -0.05) is 37.6 Å². The second-order valence-corrected chi connectivity index (χ2v) is 5.95. The molecule has 0 saturated heterocycles. The molecule has 0 nitrogen and oxygen atoms in total. The Morgan fingerprint density at radius 2 is 2.00 bits per heavy atom. The van der Waals surface area contributed by atoms with E-state index in [1.165, 1.54) is 40.4 Å². The Hall–Kier alpha value is -0.340. The summed E-state index contributed by atoms with van der Waals surface area (Å²) in [6.07, 6.45) is 3.80. The summed E-state index contributed by atoms with van der Waals surface area (Å²) in [5.41, 5.74) is 2.85. The first kappa shape index (κ1) is 11.2. The monoisotopic (exact) mass is 236 g/mol. The summed E-state index contributed by atoms with van der Waals surface area (Å²) in [4.78, 5) is 1.43. The minimum Gasteiger partial charge on any atom is -0.122 e. The number of hydrogen-bond donors (Lipinski definition) is 0. The van der Waals surface area contributed by atoms with Crippen molar-refractivity contribution in [2.24, 2.45) is 0 Å². The second-order valence-electron chi connectivity index (χ2n) is 3.71. The molecule has 0 radical (unpaired) electrons. The highest BCUT2D eigenvalue weighted by atomic mass is 32.2. The fraction of sp³-hybridized carbons (Fsp3) is 0.385. The van der Waals surface area contributed by atoms with Gasteiger partial charge in [-0.2, -0.15) is 0 Å². The smallest absolute Gasteiger partial charge is 0.0481 e. The molecule has 1 aromatic carbocycles. The first-order valence-electron chi connectivity index (χ1n) is 5.44. The SMILES string of the molecule is CCCCc1ccc(C2=CSCS2)cc1. The third-order valence-electron chi connectivity index (χ3n) is 2.53. The van der Waals surface area contributed by atoms with Crippen molar-refractivity contribution in [1.82, 2.24) is 0 Å². The van der Waals surface area contributed by atoms with Crippen molar-refractivity contribution < 1.29 is 0 Å². The highest BCUT2D eigenvalue weighted by molar-refractivity contribution is 8.25. The van der Waals surface area contributed by atoms with Crippen molar-refractivity contribution in [3.63, 3.8) is 0 Å². The number of unbranched alkanes of at least 4 members (excludes halogenated alkanes) is 1.